The first kappa shape index (κ1) is 23.9. The normalized spacial score (nSPS) is 14.2. The molecule has 0 unspecified atom stereocenters. The number of ether oxygens (including phenoxy) is 4. The van der Waals surface area contributed by atoms with E-state index in [1.54, 1.807) is 50.9 Å². The molecule has 2 aromatic carbocycles. The molecule has 1 saturated heterocycles. The summed E-state index contributed by atoms with van der Waals surface area (Å²) in [6.45, 7) is 4.87. The Morgan fingerprint density at radius 2 is 1.65 bits per heavy atom. The van der Waals surface area contributed by atoms with E-state index in [4.69, 9.17) is 23.9 Å². The molecule has 1 aliphatic heterocycles. The van der Waals surface area contributed by atoms with Gasteiger partial charge in [0.2, 0.25) is 0 Å². The van der Waals surface area contributed by atoms with Crippen LogP contribution in [0.2, 0.25) is 0 Å². The summed E-state index contributed by atoms with van der Waals surface area (Å²) in [7, 11) is 6.36. The molecule has 182 valence electrons. The lowest BCUT2D eigenvalue weighted by Gasteiger charge is -2.34. The van der Waals surface area contributed by atoms with Crippen molar-refractivity contribution >= 4 is 32.6 Å². The molecule has 1 amide bonds. The molecular formula is C24H30N4O5S. The Kier molecular flexibility index (Phi) is 7.59. The highest BCUT2D eigenvalue weighted by Gasteiger charge is 2.22. The molecule has 1 aliphatic rings. The Morgan fingerprint density at radius 3 is 2.32 bits per heavy atom. The molecule has 9 nitrogen and oxygen atoms in total. The standard InChI is InChI=1S/C24H30N4O5S/c1-30-17-7-5-6-16(21(17)32-3)23(29)25-10-11-27-12-14-28(15-13-27)24-26-20-19(34-24)9-8-18(31-2)22(20)33-4/h5-9H,10-15H2,1-4H3,(H,25,29). The first-order valence-corrected chi connectivity index (χ1v) is 11.9. The van der Waals surface area contributed by atoms with Crippen molar-refractivity contribution in [2.75, 3.05) is 72.6 Å². The molecule has 0 radical (unpaired) electrons. The SMILES string of the molecule is COc1cccc(C(=O)NCCN2CCN(c3nc4c(OC)c(OC)ccc4s3)CC2)c1OC. The second kappa shape index (κ2) is 10.8. The third kappa shape index (κ3) is 4.83. The molecule has 0 aliphatic carbocycles. The van der Waals surface area contributed by atoms with Crippen molar-refractivity contribution in [3.05, 3.63) is 35.9 Å². The summed E-state index contributed by atoms with van der Waals surface area (Å²) < 4.78 is 22.7. The van der Waals surface area contributed by atoms with Crippen LogP contribution in [0, 0.1) is 0 Å². The summed E-state index contributed by atoms with van der Waals surface area (Å²) in [5.74, 6) is 2.17. The number of methoxy groups -OCH3 is 4. The number of carbonyl (C=O) groups excluding carboxylic acids is 1. The zero-order valence-electron chi connectivity index (χ0n) is 19.9. The van der Waals surface area contributed by atoms with Crippen molar-refractivity contribution in [2.24, 2.45) is 0 Å². The minimum atomic E-state index is -0.173. The highest BCUT2D eigenvalue weighted by Crippen LogP contribution is 2.40. The summed E-state index contributed by atoms with van der Waals surface area (Å²) in [4.78, 5) is 22.1. The number of nitrogens with zero attached hydrogens (tertiary/aromatic N) is 3. The molecule has 0 atom stereocenters. The summed E-state index contributed by atoms with van der Waals surface area (Å²) in [5.41, 5.74) is 1.30. The Balaban J connectivity index is 1.31. The molecule has 0 spiro atoms. The van der Waals surface area contributed by atoms with E-state index in [1.807, 2.05) is 12.1 Å². The second-order valence-corrected chi connectivity index (χ2v) is 8.78. The van der Waals surface area contributed by atoms with Crippen LogP contribution in [0.15, 0.2) is 30.3 Å². The van der Waals surface area contributed by atoms with Crippen molar-refractivity contribution in [3.8, 4) is 23.0 Å². The molecule has 4 rings (SSSR count). The van der Waals surface area contributed by atoms with E-state index in [0.717, 1.165) is 48.1 Å². The van der Waals surface area contributed by atoms with E-state index >= 15 is 0 Å². The number of benzene rings is 2. The zero-order valence-corrected chi connectivity index (χ0v) is 20.7. The number of nitrogens with one attached hydrogen (secondary N) is 1. The van der Waals surface area contributed by atoms with Gasteiger partial charge in [-0.2, -0.15) is 0 Å². The van der Waals surface area contributed by atoms with Gasteiger partial charge in [-0.3, -0.25) is 9.69 Å². The smallest absolute Gasteiger partial charge is 0.255 e. The number of rotatable bonds is 9. The monoisotopic (exact) mass is 486 g/mol. The van der Waals surface area contributed by atoms with Gasteiger partial charge in [0.1, 0.15) is 5.52 Å². The molecule has 0 bridgehead atoms. The van der Waals surface area contributed by atoms with Crippen molar-refractivity contribution in [3.63, 3.8) is 0 Å². The minimum Gasteiger partial charge on any atom is -0.493 e. The number of hydrogen-bond donors (Lipinski definition) is 1. The van der Waals surface area contributed by atoms with Crippen LogP contribution in [0.5, 0.6) is 23.0 Å². The minimum absolute atomic E-state index is 0.173. The van der Waals surface area contributed by atoms with Crippen molar-refractivity contribution in [1.29, 1.82) is 0 Å². The maximum atomic E-state index is 12.7. The molecule has 2 heterocycles. The number of para-hydroxylation sites is 1. The summed E-state index contributed by atoms with van der Waals surface area (Å²) in [6, 6.07) is 9.22. The largest absolute Gasteiger partial charge is 0.493 e. The molecule has 1 N–H and O–H groups in total. The lowest BCUT2D eigenvalue weighted by Crippen LogP contribution is -2.48. The van der Waals surface area contributed by atoms with Gasteiger partial charge in [-0.15, -0.1) is 0 Å². The fourth-order valence-corrected chi connectivity index (χ4v) is 5.10. The Bertz CT molecular complexity index is 1140. The third-order valence-corrected chi connectivity index (χ3v) is 6.98. The molecule has 1 aromatic heterocycles. The van der Waals surface area contributed by atoms with E-state index in [0.29, 0.717) is 35.1 Å². The topological polar surface area (TPSA) is 85.4 Å². The van der Waals surface area contributed by atoms with E-state index in [9.17, 15) is 4.79 Å². The Morgan fingerprint density at radius 1 is 0.941 bits per heavy atom. The fourth-order valence-electron chi connectivity index (χ4n) is 4.08. The van der Waals surface area contributed by atoms with Crippen LogP contribution in [-0.2, 0) is 0 Å². The predicted octanol–water partition coefficient (Wildman–Crippen LogP) is 2.88. The highest BCUT2D eigenvalue weighted by molar-refractivity contribution is 7.22. The van der Waals surface area contributed by atoms with Gasteiger partial charge in [0.15, 0.2) is 28.1 Å². The number of anilines is 1. The van der Waals surface area contributed by atoms with Gasteiger partial charge in [-0.1, -0.05) is 17.4 Å². The van der Waals surface area contributed by atoms with Gasteiger partial charge in [0.05, 0.1) is 38.7 Å². The zero-order chi connectivity index (χ0) is 24.1. The number of amides is 1. The third-order valence-electron chi connectivity index (χ3n) is 5.90. The van der Waals surface area contributed by atoms with E-state index in [1.165, 1.54) is 7.11 Å². The number of fused-ring (bicyclic) bond motifs is 1. The van der Waals surface area contributed by atoms with Gasteiger partial charge in [0, 0.05) is 39.3 Å². The molecule has 34 heavy (non-hydrogen) atoms. The van der Waals surface area contributed by atoms with Crippen LogP contribution >= 0.6 is 11.3 Å². The van der Waals surface area contributed by atoms with Crippen LogP contribution in [0.4, 0.5) is 5.13 Å². The van der Waals surface area contributed by atoms with E-state index in [2.05, 4.69) is 15.1 Å². The van der Waals surface area contributed by atoms with Crippen LogP contribution in [0.3, 0.4) is 0 Å². The van der Waals surface area contributed by atoms with Gasteiger partial charge in [-0.05, 0) is 24.3 Å². The average Bonchev–Trinajstić information content (AvgIpc) is 3.32. The number of hydrogen-bond acceptors (Lipinski definition) is 9. The summed E-state index contributed by atoms with van der Waals surface area (Å²) in [5, 5.41) is 3.98. The first-order chi connectivity index (χ1) is 16.6. The maximum absolute atomic E-state index is 12.7. The van der Waals surface area contributed by atoms with Crippen molar-refractivity contribution in [1.82, 2.24) is 15.2 Å². The van der Waals surface area contributed by atoms with Gasteiger partial charge in [-0.25, -0.2) is 4.98 Å². The average molecular weight is 487 g/mol. The van der Waals surface area contributed by atoms with Gasteiger partial charge in [0.25, 0.3) is 5.91 Å². The number of carbonyl (C=O) groups is 1. The Labute approximate surface area is 203 Å². The summed E-state index contributed by atoms with van der Waals surface area (Å²) in [6.07, 6.45) is 0. The van der Waals surface area contributed by atoms with E-state index < -0.39 is 0 Å². The Hall–Kier alpha value is -3.24. The molecule has 1 fully saturated rings. The quantitative estimate of drug-likeness (QED) is 0.494. The van der Waals surface area contributed by atoms with Crippen LogP contribution in [0.1, 0.15) is 10.4 Å². The molecular weight excluding hydrogens is 456 g/mol. The van der Waals surface area contributed by atoms with Crippen molar-refractivity contribution in [2.45, 2.75) is 0 Å². The number of thiazole rings is 1. The molecule has 0 saturated carbocycles. The molecule has 3 aromatic rings. The summed E-state index contributed by atoms with van der Waals surface area (Å²) >= 11 is 1.66. The van der Waals surface area contributed by atoms with Gasteiger partial charge < -0.3 is 29.2 Å². The van der Waals surface area contributed by atoms with Crippen LogP contribution < -0.4 is 29.2 Å². The maximum Gasteiger partial charge on any atom is 0.255 e. The predicted molar refractivity (Wildman–Crippen MR) is 133 cm³/mol. The fraction of sp³-hybridized carbons (Fsp3) is 0.417. The lowest BCUT2D eigenvalue weighted by atomic mass is 10.1. The van der Waals surface area contributed by atoms with Crippen molar-refractivity contribution < 1.29 is 23.7 Å². The van der Waals surface area contributed by atoms with Gasteiger partial charge >= 0.3 is 0 Å². The number of aromatic nitrogens is 1. The van der Waals surface area contributed by atoms with Crippen LogP contribution in [-0.4, -0.2) is 83.5 Å². The molecule has 10 heteroatoms. The first-order valence-electron chi connectivity index (χ1n) is 11.1. The second-order valence-electron chi connectivity index (χ2n) is 7.77. The highest BCUT2D eigenvalue weighted by atomic mass is 32.1. The van der Waals surface area contributed by atoms with E-state index in [-0.39, 0.29) is 5.91 Å². The lowest BCUT2D eigenvalue weighted by molar-refractivity contribution is 0.0944. The number of piperazine rings is 1. The van der Waals surface area contributed by atoms with Crippen LogP contribution in [0.25, 0.3) is 10.2 Å².